The largest absolute Gasteiger partial charge is 0.384 e. The second kappa shape index (κ2) is 2.07. The van der Waals surface area contributed by atoms with Crippen molar-refractivity contribution in [2.24, 2.45) is 0 Å². The molecule has 0 spiro atoms. The maximum atomic E-state index is 11.3. The number of aromatic nitrogens is 4. The first-order valence-corrected chi connectivity index (χ1v) is 3.39. The fourth-order valence-electron chi connectivity index (χ4n) is 0.981. The molecule has 3 N–H and O–H groups in total. The van der Waals surface area contributed by atoms with E-state index in [1.165, 1.54) is 4.52 Å². The SMILES string of the molecule is Cc1nnc2cc(N)[nH]n2c1=O. The van der Waals surface area contributed by atoms with Gasteiger partial charge in [0.2, 0.25) is 0 Å². The smallest absolute Gasteiger partial charge is 0.294 e. The topological polar surface area (TPSA) is 89.1 Å². The summed E-state index contributed by atoms with van der Waals surface area (Å²) < 4.78 is 1.26. The number of anilines is 1. The van der Waals surface area contributed by atoms with Crippen LogP contribution in [-0.4, -0.2) is 19.8 Å². The molecular weight excluding hydrogens is 158 g/mol. The van der Waals surface area contributed by atoms with E-state index in [0.717, 1.165) is 0 Å². The highest BCUT2D eigenvalue weighted by Gasteiger charge is 2.03. The van der Waals surface area contributed by atoms with E-state index in [9.17, 15) is 4.79 Å². The molecule has 0 amide bonds. The molecular formula is C6H7N5O. The molecule has 0 aliphatic heterocycles. The minimum absolute atomic E-state index is 0.225. The number of fused-ring (bicyclic) bond motifs is 1. The Morgan fingerprint density at radius 1 is 1.58 bits per heavy atom. The Morgan fingerprint density at radius 3 is 3.08 bits per heavy atom. The fraction of sp³-hybridized carbons (Fsp3) is 0.167. The van der Waals surface area contributed by atoms with Crippen LogP contribution in [0.25, 0.3) is 5.65 Å². The third-order valence-electron chi connectivity index (χ3n) is 1.57. The molecule has 6 heteroatoms. The standard InChI is InChI=1S/C6H7N5O/c1-3-6(12)11-5(9-8-3)2-4(7)10-11/h2,10H,7H2,1H3. The van der Waals surface area contributed by atoms with Gasteiger partial charge in [-0.3, -0.25) is 9.89 Å². The summed E-state index contributed by atoms with van der Waals surface area (Å²) in [5.41, 5.74) is 5.98. The summed E-state index contributed by atoms with van der Waals surface area (Å²) in [4.78, 5) is 11.3. The number of rotatable bonds is 0. The average Bonchev–Trinajstić information content (AvgIpc) is 2.39. The van der Waals surface area contributed by atoms with Gasteiger partial charge in [-0.25, -0.2) is 0 Å². The first kappa shape index (κ1) is 6.84. The lowest BCUT2D eigenvalue weighted by Gasteiger charge is -1.91. The summed E-state index contributed by atoms with van der Waals surface area (Å²) in [6.07, 6.45) is 0. The van der Waals surface area contributed by atoms with E-state index in [4.69, 9.17) is 5.73 Å². The number of aryl methyl sites for hydroxylation is 1. The van der Waals surface area contributed by atoms with Crippen LogP contribution in [0.5, 0.6) is 0 Å². The maximum Gasteiger partial charge on any atom is 0.294 e. The van der Waals surface area contributed by atoms with Crippen molar-refractivity contribution in [1.29, 1.82) is 0 Å². The second-order valence-corrected chi connectivity index (χ2v) is 2.50. The van der Waals surface area contributed by atoms with Crippen LogP contribution in [0.3, 0.4) is 0 Å². The number of aromatic amines is 1. The molecule has 0 saturated carbocycles. The molecule has 0 radical (unpaired) electrons. The van der Waals surface area contributed by atoms with Crippen molar-refractivity contribution >= 4 is 11.5 Å². The first-order chi connectivity index (χ1) is 5.68. The molecule has 0 atom stereocenters. The monoisotopic (exact) mass is 165 g/mol. The Bertz CT molecular complexity index is 482. The summed E-state index contributed by atoms with van der Waals surface area (Å²) >= 11 is 0. The van der Waals surface area contributed by atoms with E-state index in [2.05, 4.69) is 15.3 Å². The minimum Gasteiger partial charge on any atom is -0.384 e. The first-order valence-electron chi connectivity index (χ1n) is 3.39. The fourth-order valence-corrected chi connectivity index (χ4v) is 0.981. The maximum absolute atomic E-state index is 11.3. The highest BCUT2D eigenvalue weighted by Crippen LogP contribution is 1.99. The van der Waals surface area contributed by atoms with Crippen molar-refractivity contribution in [3.63, 3.8) is 0 Å². The Morgan fingerprint density at radius 2 is 2.33 bits per heavy atom. The predicted octanol–water partition coefficient (Wildman–Crippen LogP) is -0.692. The van der Waals surface area contributed by atoms with E-state index in [1.54, 1.807) is 13.0 Å². The van der Waals surface area contributed by atoms with Crippen molar-refractivity contribution in [3.05, 3.63) is 22.1 Å². The van der Waals surface area contributed by atoms with Gasteiger partial charge in [-0.1, -0.05) is 0 Å². The average molecular weight is 165 g/mol. The zero-order valence-electron chi connectivity index (χ0n) is 6.40. The highest BCUT2D eigenvalue weighted by molar-refractivity contribution is 5.46. The van der Waals surface area contributed by atoms with E-state index in [1.807, 2.05) is 0 Å². The molecule has 2 heterocycles. The lowest BCUT2D eigenvalue weighted by molar-refractivity contribution is 0.828. The van der Waals surface area contributed by atoms with Crippen LogP contribution in [0.15, 0.2) is 10.9 Å². The van der Waals surface area contributed by atoms with Gasteiger partial charge < -0.3 is 5.73 Å². The number of H-pyrrole nitrogens is 1. The molecule has 0 fully saturated rings. The predicted molar refractivity (Wildman–Crippen MR) is 42.8 cm³/mol. The Balaban J connectivity index is 2.99. The van der Waals surface area contributed by atoms with E-state index in [0.29, 0.717) is 17.2 Å². The van der Waals surface area contributed by atoms with Crippen molar-refractivity contribution < 1.29 is 0 Å². The van der Waals surface area contributed by atoms with Gasteiger partial charge in [0.05, 0.1) is 0 Å². The number of hydrogen-bond donors (Lipinski definition) is 2. The van der Waals surface area contributed by atoms with Gasteiger partial charge in [-0.15, -0.1) is 10.2 Å². The van der Waals surface area contributed by atoms with Gasteiger partial charge >= 0.3 is 0 Å². The second-order valence-electron chi connectivity index (χ2n) is 2.50. The van der Waals surface area contributed by atoms with Crippen LogP contribution >= 0.6 is 0 Å². The van der Waals surface area contributed by atoms with Gasteiger partial charge in [0.1, 0.15) is 11.5 Å². The normalized spacial score (nSPS) is 10.8. The van der Waals surface area contributed by atoms with Gasteiger partial charge in [0, 0.05) is 6.07 Å². The Hall–Kier alpha value is -1.85. The number of nitrogens with zero attached hydrogens (tertiary/aromatic N) is 3. The van der Waals surface area contributed by atoms with Crippen molar-refractivity contribution in [2.45, 2.75) is 6.92 Å². The van der Waals surface area contributed by atoms with Crippen molar-refractivity contribution in [3.8, 4) is 0 Å². The van der Waals surface area contributed by atoms with Crippen LogP contribution in [0.4, 0.5) is 5.82 Å². The summed E-state index contributed by atoms with van der Waals surface area (Å²) in [5, 5.41) is 10.1. The molecule has 12 heavy (non-hydrogen) atoms. The van der Waals surface area contributed by atoms with E-state index >= 15 is 0 Å². The summed E-state index contributed by atoms with van der Waals surface area (Å²) in [6, 6.07) is 1.55. The molecule has 2 aromatic rings. The van der Waals surface area contributed by atoms with Gasteiger partial charge in [-0.05, 0) is 6.92 Å². The van der Waals surface area contributed by atoms with Crippen LogP contribution < -0.4 is 11.3 Å². The third kappa shape index (κ3) is 0.777. The van der Waals surface area contributed by atoms with Crippen molar-refractivity contribution in [2.75, 3.05) is 5.73 Å². The van der Waals surface area contributed by atoms with Crippen LogP contribution in [0, 0.1) is 6.92 Å². The van der Waals surface area contributed by atoms with Gasteiger partial charge in [0.25, 0.3) is 5.56 Å². The lowest BCUT2D eigenvalue weighted by atomic mass is 10.5. The molecule has 2 rings (SSSR count). The summed E-state index contributed by atoms with van der Waals surface area (Å²) in [7, 11) is 0. The quantitative estimate of drug-likeness (QED) is 0.540. The van der Waals surface area contributed by atoms with E-state index in [-0.39, 0.29) is 5.56 Å². The number of nitrogens with two attached hydrogens (primary N) is 1. The molecule has 6 nitrogen and oxygen atoms in total. The zero-order valence-corrected chi connectivity index (χ0v) is 6.40. The number of nitrogen functional groups attached to an aromatic ring is 1. The molecule has 0 aliphatic rings. The molecule has 0 aromatic carbocycles. The molecule has 62 valence electrons. The Labute approximate surface area is 67.0 Å². The van der Waals surface area contributed by atoms with E-state index < -0.39 is 0 Å². The highest BCUT2D eigenvalue weighted by atomic mass is 16.1. The zero-order chi connectivity index (χ0) is 8.72. The minimum atomic E-state index is -0.225. The number of nitrogens with one attached hydrogen (secondary N) is 1. The molecule has 2 aromatic heterocycles. The van der Waals surface area contributed by atoms with Crippen molar-refractivity contribution in [1.82, 2.24) is 19.8 Å². The van der Waals surface area contributed by atoms with Gasteiger partial charge in [0.15, 0.2) is 5.65 Å². The third-order valence-corrected chi connectivity index (χ3v) is 1.57. The molecule has 0 aliphatic carbocycles. The number of hydrogen-bond acceptors (Lipinski definition) is 4. The van der Waals surface area contributed by atoms with Gasteiger partial charge in [-0.2, -0.15) is 4.52 Å². The van der Waals surface area contributed by atoms with Crippen LogP contribution in [-0.2, 0) is 0 Å². The lowest BCUT2D eigenvalue weighted by Crippen LogP contribution is -2.19. The molecule has 0 saturated heterocycles. The Kier molecular flexibility index (Phi) is 1.18. The summed E-state index contributed by atoms with van der Waals surface area (Å²) in [5.74, 6) is 0.395. The summed E-state index contributed by atoms with van der Waals surface area (Å²) in [6.45, 7) is 1.60. The molecule has 0 unspecified atom stereocenters. The van der Waals surface area contributed by atoms with Crippen LogP contribution in [0.1, 0.15) is 5.69 Å². The van der Waals surface area contributed by atoms with Crippen LogP contribution in [0.2, 0.25) is 0 Å². The molecule has 0 bridgehead atoms.